The lowest BCUT2D eigenvalue weighted by atomic mass is 9.99. The number of hydrogen-bond donors (Lipinski definition) is 13. The molecule has 5 unspecified atom stereocenters. The zero-order chi connectivity index (χ0) is 58.7. The highest BCUT2D eigenvalue weighted by Gasteiger charge is 2.54. The molecule has 9 heterocycles. The van der Waals surface area contributed by atoms with Crippen LogP contribution < -0.4 is 38.0 Å². The van der Waals surface area contributed by atoms with Gasteiger partial charge in [0.1, 0.15) is 42.7 Å². The molecule has 3 aliphatic rings. The van der Waals surface area contributed by atoms with Gasteiger partial charge in [0.2, 0.25) is 23.6 Å². The largest absolute Gasteiger partial charge is 0.490 e. The third-order valence-electron chi connectivity index (χ3n) is 12.5. The Morgan fingerprint density at radius 3 is 1.85 bits per heavy atom. The summed E-state index contributed by atoms with van der Waals surface area (Å²) < 4.78 is 116. The van der Waals surface area contributed by atoms with Gasteiger partial charge in [-0.15, -0.1) is 6.42 Å². The van der Waals surface area contributed by atoms with E-state index in [2.05, 4.69) is 59.7 Å². The number of anilines is 3. The summed E-state index contributed by atoms with van der Waals surface area (Å²) in [6.45, 7) is -3.59. The van der Waals surface area contributed by atoms with E-state index in [9.17, 15) is 67.5 Å². The minimum absolute atomic E-state index is 0.000510. The molecule has 16 atom stereocenters. The van der Waals surface area contributed by atoms with E-state index in [4.69, 9.17) is 59.7 Å². The summed E-state index contributed by atoms with van der Waals surface area (Å²) in [4.78, 5) is 108. The van der Waals surface area contributed by atoms with Crippen molar-refractivity contribution in [1.29, 1.82) is 0 Å². The van der Waals surface area contributed by atoms with Crippen molar-refractivity contribution in [3.63, 3.8) is 0 Å². The lowest BCUT2D eigenvalue weighted by Gasteiger charge is -2.26. The topological polar surface area (TPSA) is 557 Å². The van der Waals surface area contributed by atoms with Crippen molar-refractivity contribution < 1.29 is 108 Å². The predicted molar refractivity (Wildman–Crippen MR) is 264 cm³/mol. The first kappa shape index (κ1) is 59.8. The zero-order valence-electron chi connectivity index (χ0n) is 41.7. The summed E-state index contributed by atoms with van der Waals surface area (Å²) in [7, 11) is -19.8. The number of fused-ring (bicyclic) bond motifs is 3. The molecule has 44 heteroatoms. The number of ether oxygens (including phenoxy) is 5. The molecule has 0 saturated carbocycles. The summed E-state index contributed by atoms with van der Waals surface area (Å²) >= 11 is 0. The number of H-pyrrole nitrogens is 3. The molecule has 9 rings (SSSR count). The van der Waals surface area contributed by atoms with Gasteiger partial charge in [-0.05, 0) is 0 Å². The SMILES string of the molecule is C#CCNc1nc2c(c(=O)[nH]1)n(C)c[n+]2C1O[C@H](COP(=O)(O)OP(=O)(O)OP(=O)(O)OC[C@H]2O[C@@H](n3cnc4c(=O)[nH]c(N)nc43)[C@H](OC)[C@@H]2OP(=O)(O)OC[C@H]2O[C@@H](n3cnc4c(=O)[nH]c(N)nc43)[C@H](O)[C@@H]2O)[C@@H](COC)[C@H]1O. The first-order chi connectivity index (χ1) is 38.1. The van der Waals surface area contributed by atoms with E-state index in [0.29, 0.717) is 0 Å². The van der Waals surface area contributed by atoms with Gasteiger partial charge in [0.25, 0.3) is 22.6 Å². The number of nitrogen functional groups attached to an aromatic ring is 2. The fourth-order valence-corrected chi connectivity index (χ4v) is 13.5. The summed E-state index contributed by atoms with van der Waals surface area (Å²) in [6.07, 6.45) is -9.37. The molecule has 40 nitrogen and oxygen atoms in total. The van der Waals surface area contributed by atoms with Crippen LogP contribution >= 0.6 is 31.3 Å². The number of imidazole rings is 3. The molecule has 15 N–H and O–H groups in total. The number of aromatic amines is 3. The number of terminal acetylenes is 1. The van der Waals surface area contributed by atoms with Gasteiger partial charge in [-0.25, -0.2) is 32.8 Å². The minimum Gasteiger partial charge on any atom is -0.387 e. The van der Waals surface area contributed by atoms with E-state index >= 15 is 0 Å². The zero-order valence-corrected chi connectivity index (χ0v) is 45.3. The molecule has 0 bridgehead atoms. The molecule has 0 radical (unpaired) electrons. The van der Waals surface area contributed by atoms with Crippen LogP contribution in [0.2, 0.25) is 0 Å². The van der Waals surface area contributed by atoms with E-state index in [-0.39, 0.29) is 58.5 Å². The number of nitrogens with one attached hydrogen (secondary N) is 4. The Kier molecular flexibility index (Phi) is 17.1. The highest BCUT2D eigenvalue weighted by atomic mass is 31.3. The van der Waals surface area contributed by atoms with Crippen molar-refractivity contribution in [3.05, 3.63) is 50.0 Å². The summed E-state index contributed by atoms with van der Waals surface area (Å²) in [5.41, 5.74) is 8.37. The number of hydrogen-bond acceptors (Lipinski definition) is 29. The number of nitrogens with two attached hydrogens (primary N) is 2. The maximum Gasteiger partial charge on any atom is 0.490 e. The maximum atomic E-state index is 13.7. The van der Waals surface area contributed by atoms with Crippen molar-refractivity contribution in [2.45, 2.75) is 67.5 Å². The van der Waals surface area contributed by atoms with Crippen LogP contribution in [0.15, 0.2) is 33.4 Å². The first-order valence-corrected chi connectivity index (χ1v) is 29.1. The molecular formula is C37H50N15O25P4+. The van der Waals surface area contributed by atoms with Crippen LogP contribution in [0.3, 0.4) is 0 Å². The van der Waals surface area contributed by atoms with E-state index in [1.54, 1.807) is 0 Å². The van der Waals surface area contributed by atoms with Crippen LogP contribution in [-0.4, -0.2) is 184 Å². The molecular weight excluding hydrogens is 1180 g/mol. The molecule has 81 heavy (non-hydrogen) atoms. The maximum absolute atomic E-state index is 13.7. The Bertz CT molecular complexity index is 3770. The number of rotatable bonds is 23. The highest BCUT2D eigenvalue weighted by molar-refractivity contribution is 7.66. The van der Waals surface area contributed by atoms with E-state index < -0.39 is 147 Å². The second kappa shape index (κ2) is 23.1. The van der Waals surface area contributed by atoms with Crippen LogP contribution in [0.4, 0.5) is 17.8 Å². The molecule has 0 aromatic carbocycles. The van der Waals surface area contributed by atoms with Gasteiger partial charge in [0.05, 0.1) is 58.8 Å². The van der Waals surface area contributed by atoms with Crippen molar-refractivity contribution in [2.75, 3.05) is 64.0 Å². The molecule has 6 aromatic heterocycles. The number of aliphatic hydroxyl groups excluding tert-OH is 3. The summed E-state index contributed by atoms with van der Waals surface area (Å²) in [5.74, 6) is 0.509. The van der Waals surface area contributed by atoms with Gasteiger partial charge in [-0.1, -0.05) is 10.9 Å². The van der Waals surface area contributed by atoms with Crippen LogP contribution in [0.25, 0.3) is 33.5 Å². The highest BCUT2D eigenvalue weighted by Crippen LogP contribution is 2.68. The molecule has 3 saturated heterocycles. The molecule has 0 amide bonds. The average molecular weight is 1230 g/mol. The predicted octanol–water partition coefficient (Wildman–Crippen LogP) is -4.05. The first-order valence-electron chi connectivity index (χ1n) is 23.1. The molecule has 0 spiro atoms. The van der Waals surface area contributed by atoms with Gasteiger partial charge in [0, 0.05) is 20.1 Å². The van der Waals surface area contributed by atoms with Gasteiger partial charge in [-0.3, -0.25) is 61.1 Å². The number of phosphoric acid groups is 4. The Morgan fingerprint density at radius 2 is 1.27 bits per heavy atom. The molecule has 3 aliphatic heterocycles. The van der Waals surface area contributed by atoms with Gasteiger partial charge < -0.3 is 75.4 Å². The van der Waals surface area contributed by atoms with Gasteiger partial charge >= 0.3 is 36.9 Å². The third-order valence-corrected chi connectivity index (χ3v) is 17.7. The van der Waals surface area contributed by atoms with E-state index in [1.807, 2.05) is 0 Å². The van der Waals surface area contributed by atoms with Crippen molar-refractivity contribution >= 4 is 82.6 Å². The Balaban J connectivity index is 0.876. The van der Waals surface area contributed by atoms with Crippen LogP contribution in [-0.2, 0) is 75.7 Å². The van der Waals surface area contributed by atoms with Crippen LogP contribution in [0.5, 0.6) is 0 Å². The smallest absolute Gasteiger partial charge is 0.387 e. The number of aliphatic hydroxyl groups is 3. The fraction of sp³-hybridized carbons (Fsp3) is 0.541. The second-order valence-electron chi connectivity index (χ2n) is 17.8. The molecule has 442 valence electrons. The van der Waals surface area contributed by atoms with Crippen molar-refractivity contribution in [1.82, 2.24) is 53.6 Å². The number of methoxy groups -OCH3 is 2. The van der Waals surface area contributed by atoms with Crippen molar-refractivity contribution in [2.24, 2.45) is 13.0 Å². The van der Waals surface area contributed by atoms with Crippen molar-refractivity contribution in [3.8, 4) is 12.3 Å². The quantitative estimate of drug-likeness (QED) is 0.0165. The molecule has 0 aliphatic carbocycles. The van der Waals surface area contributed by atoms with Crippen LogP contribution in [0, 0.1) is 18.3 Å². The number of aryl methyl sites for hydroxylation is 1. The Hall–Kier alpha value is -5.79. The van der Waals surface area contributed by atoms with Gasteiger partial charge in [0.15, 0.2) is 41.1 Å². The third kappa shape index (κ3) is 12.5. The number of phosphoric ester groups is 3. The summed E-state index contributed by atoms with van der Waals surface area (Å²) in [6, 6.07) is 0. The Labute approximate surface area is 450 Å². The van der Waals surface area contributed by atoms with E-state index in [0.717, 1.165) is 28.9 Å². The second-order valence-corrected chi connectivity index (χ2v) is 23.9. The number of aromatic nitrogens is 12. The summed E-state index contributed by atoms with van der Waals surface area (Å²) in [5, 5.41) is 35.9. The van der Waals surface area contributed by atoms with Gasteiger partial charge in [-0.2, -0.15) is 18.6 Å². The molecule has 6 aromatic rings. The number of nitrogens with zero attached hydrogens (tertiary/aromatic N) is 9. The minimum atomic E-state index is -6.23. The Morgan fingerprint density at radius 1 is 0.716 bits per heavy atom. The monoisotopic (exact) mass is 1230 g/mol. The fourth-order valence-electron chi connectivity index (χ4n) is 9.05. The lowest BCUT2D eigenvalue weighted by Crippen LogP contribution is -2.45. The van der Waals surface area contributed by atoms with Crippen LogP contribution in [0.1, 0.15) is 18.7 Å². The average Bonchev–Trinajstić information content (AvgIpc) is 3.55. The lowest BCUT2D eigenvalue weighted by molar-refractivity contribution is -0.745. The van der Waals surface area contributed by atoms with E-state index in [1.165, 1.54) is 29.6 Å². The standard InChI is InChI=1S/C37H49N15O25P4/c1-5-6-40-37-45-28-20(31(58)48-37)49(2)13-52(28)32-21(53)14(7-67-3)15(72-32)8-70-79(61,62)76-81(65,66)77-80(63,64)71-10-17-24(25(68-4)34(74-17)51-12-42-19-27(51)44-36(39)47-30(19)57)75-78(59,60)69-9-16-22(54)23(55)33(73-16)50-11-41-18-26(50)43-35(38)46-29(18)56/h1,11-17,21-25,32-34,53-55H,6-10H2,2-4H3,(H11-,38,39,40,43,44,45,46,47,48,56,57,58,59,60,61,62,63,64,65,66)/p+1/t14-,15-,16-,17-,21-,22-,23-,24-,25-,32?,33-,34-/m1/s1. The molecule has 3 fully saturated rings. The normalized spacial score (nSPS) is 29.0.